The van der Waals surface area contributed by atoms with Gasteiger partial charge in [0, 0.05) is 5.56 Å². The van der Waals surface area contributed by atoms with Crippen LogP contribution in [0.1, 0.15) is 35.2 Å². The fraction of sp³-hybridized carbons (Fsp3) is 0.462. The molecule has 1 aromatic rings. The fourth-order valence-corrected chi connectivity index (χ4v) is 1.81. The van der Waals surface area contributed by atoms with Gasteiger partial charge in [-0.2, -0.15) is 13.2 Å². The predicted molar refractivity (Wildman–Crippen MR) is 59.7 cm³/mol. The van der Waals surface area contributed by atoms with Crippen molar-refractivity contribution < 1.29 is 22.7 Å². The Morgan fingerprint density at radius 3 is 2.50 bits per heavy atom. The van der Waals surface area contributed by atoms with Crippen LogP contribution in [0.5, 0.6) is 5.75 Å². The van der Waals surface area contributed by atoms with Gasteiger partial charge in [-0.3, -0.25) is 4.79 Å². The first-order chi connectivity index (χ1) is 8.49. The molecule has 0 bridgehead atoms. The quantitative estimate of drug-likeness (QED) is 0.770. The lowest BCUT2D eigenvalue weighted by Gasteiger charge is -2.25. The van der Waals surface area contributed by atoms with E-state index in [0.29, 0.717) is 18.8 Å². The molecular formula is C13H13F3O2. The minimum absolute atomic E-state index is 0.0200. The van der Waals surface area contributed by atoms with E-state index in [1.165, 1.54) is 6.07 Å². The zero-order valence-corrected chi connectivity index (χ0v) is 9.67. The van der Waals surface area contributed by atoms with E-state index in [-0.39, 0.29) is 11.3 Å². The Balaban J connectivity index is 2.14. The van der Waals surface area contributed by atoms with Crippen molar-refractivity contribution in [2.24, 2.45) is 5.92 Å². The van der Waals surface area contributed by atoms with Gasteiger partial charge < -0.3 is 4.74 Å². The maximum Gasteiger partial charge on any atom is 0.416 e. The molecule has 5 heteroatoms. The number of alkyl halides is 3. The van der Waals surface area contributed by atoms with Crippen LogP contribution in [0.4, 0.5) is 13.2 Å². The fourth-order valence-electron chi connectivity index (χ4n) is 1.81. The van der Waals surface area contributed by atoms with Crippen molar-refractivity contribution in [3.63, 3.8) is 0 Å². The zero-order chi connectivity index (χ0) is 13.2. The third-order valence-electron chi connectivity index (χ3n) is 3.10. The molecule has 2 rings (SSSR count). The molecule has 0 spiro atoms. The van der Waals surface area contributed by atoms with Crippen molar-refractivity contribution in [3.05, 3.63) is 29.3 Å². The molecule has 1 aromatic carbocycles. The minimum atomic E-state index is -4.46. The highest BCUT2D eigenvalue weighted by Gasteiger charge is 2.31. The van der Waals surface area contributed by atoms with Crippen LogP contribution in [0.2, 0.25) is 0 Å². The summed E-state index contributed by atoms with van der Waals surface area (Å²) in [5.41, 5.74) is -0.871. The number of rotatable bonds is 4. The average Bonchev–Trinajstić information content (AvgIpc) is 2.25. The van der Waals surface area contributed by atoms with Gasteiger partial charge >= 0.3 is 6.18 Å². The highest BCUT2D eigenvalue weighted by Crippen LogP contribution is 2.33. The van der Waals surface area contributed by atoms with Gasteiger partial charge in [0.15, 0.2) is 0 Å². The maximum atomic E-state index is 12.6. The van der Waals surface area contributed by atoms with Gasteiger partial charge in [0.2, 0.25) is 0 Å². The SMILES string of the molecule is O=Cc1cc(OCC2CCC2)cc(C(F)(F)F)c1. The molecular weight excluding hydrogens is 245 g/mol. The molecule has 2 nitrogen and oxygen atoms in total. The van der Waals surface area contributed by atoms with Gasteiger partial charge in [0.1, 0.15) is 12.0 Å². The number of carbonyl (C=O) groups excluding carboxylic acids is 1. The van der Waals surface area contributed by atoms with E-state index in [1.54, 1.807) is 0 Å². The van der Waals surface area contributed by atoms with Crippen molar-refractivity contribution in [1.29, 1.82) is 0 Å². The maximum absolute atomic E-state index is 12.6. The second-order valence-corrected chi connectivity index (χ2v) is 4.51. The summed E-state index contributed by atoms with van der Waals surface area (Å²) in [6, 6.07) is 3.09. The molecule has 0 unspecified atom stereocenters. The second kappa shape index (κ2) is 5.00. The summed E-state index contributed by atoms with van der Waals surface area (Å²) in [5, 5.41) is 0. The first kappa shape index (κ1) is 12.9. The standard InChI is InChI=1S/C13H13F3O2/c14-13(15,16)11-4-10(7-17)5-12(6-11)18-8-9-2-1-3-9/h4-7,9H,1-3,8H2. The molecule has 0 aliphatic heterocycles. The topological polar surface area (TPSA) is 26.3 Å². The molecule has 18 heavy (non-hydrogen) atoms. The number of carbonyl (C=O) groups is 1. The average molecular weight is 258 g/mol. The molecule has 0 aromatic heterocycles. The van der Waals surface area contributed by atoms with Crippen LogP contribution in [-0.4, -0.2) is 12.9 Å². The highest BCUT2D eigenvalue weighted by atomic mass is 19.4. The van der Waals surface area contributed by atoms with E-state index < -0.39 is 11.7 Å². The van der Waals surface area contributed by atoms with Crippen LogP contribution in [0.15, 0.2) is 18.2 Å². The molecule has 0 atom stereocenters. The zero-order valence-electron chi connectivity index (χ0n) is 9.67. The lowest BCUT2D eigenvalue weighted by Crippen LogP contribution is -2.19. The Kier molecular flexibility index (Phi) is 3.59. The Morgan fingerprint density at radius 2 is 2.00 bits per heavy atom. The van der Waals surface area contributed by atoms with Crippen molar-refractivity contribution in [2.75, 3.05) is 6.61 Å². The smallest absolute Gasteiger partial charge is 0.416 e. The predicted octanol–water partition coefficient (Wildman–Crippen LogP) is 3.70. The Labute approximate surface area is 103 Å². The largest absolute Gasteiger partial charge is 0.493 e. The minimum Gasteiger partial charge on any atom is -0.493 e. The van der Waals surface area contributed by atoms with Crippen molar-refractivity contribution >= 4 is 6.29 Å². The first-order valence-electron chi connectivity index (χ1n) is 5.79. The molecule has 0 heterocycles. The molecule has 98 valence electrons. The van der Waals surface area contributed by atoms with Crippen molar-refractivity contribution in [1.82, 2.24) is 0 Å². The first-order valence-corrected chi connectivity index (χ1v) is 5.79. The summed E-state index contributed by atoms with van der Waals surface area (Å²) in [7, 11) is 0. The van der Waals surface area contributed by atoms with Crippen molar-refractivity contribution in [3.8, 4) is 5.75 Å². The van der Waals surface area contributed by atoms with Crippen LogP contribution < -0.4 is 4.74 Å². The normalized spacial score (nSPS) is 16.2. The van der Waals surface area contributed by atoms with E-state index >= 15 is 0 Å². The van der Waals surface area contributed by atoms with E-state index in [1.807, 2.05) is 0 Å². The molecule has 0 radical (unpaired) electrons. The van der Waals surface area contributed by atoms with Crippen LogP contribution in [0, 0.1) is 5.92 Å². The van der Waals surface area contributed by atoms with E-state index in [9.17, 15) is 18.0 Å². The summed E-state index contributed by atoms with van der Waals surface area (Å²) in [4.78, 5) is 10.6. The molecule has 0 N–H and O–H groups in total. The van der Waals surface area contributed by atoms with Crippen molar-refractivity contribution in [2.45, 2.75) is 25.4 Å². The lowest BCUT2D eigenvalue weighted by atomic mass is 9.86. The van der Waals surface area contributed by atoms with Gasteiger partial charge in [-0.05, 0) is 37.0 Å². The van der Waals surface area contributed by atoms with E-state index in [0.717, 1.165) is 31.4 Å². The van der Waals surface area contributed by atoms with Gasteiger partial charge in [-0.25, -0.2) is 0 Å². The number of aldehydes is 1. The second-order valence-electron chi connectivity index (χ2n) is 4.51. The summed E-state index contributed by atoms with van der Waals surface area (Å²) in [5.74, 6) is 0.540. The molecule has 1 aliphatic rings. The molecule has 1 fully saturated rings. The van der Waals surface area contributed by atoms with E-state index in [2.05, 4.69) is 0 Å². The Morgan fingerprint density at radius 1 is 1.28 bits per heavy atom. The number of halogens is 3. The van der Waals surface area contributed by atoms with Gasteiger partial charge in [-0.1, -0.05) is 6.42 Å². The number of benzene rings is 1. The van der Waals surface area contributed by atoms with Gasteiger partial charge in [0.05, 0.1) is 12.2 Å². The Hall–Kier alpha value is -1.52. The van der Waals surface area contributed by atoms with Crippen LogP contribution in [0.3, 0.4) is 0 Å². The van der Waals surface area contributed by atoms with Gasteiger partial charge in [0.25, 0.3) is 0 Å². The molecule has 1 aliphatic carbocycles. The lowest BCUT2D eigenvalue weighted by molar-refractivity contribution is -0.137. The molecule has 1 saturated carbocycles. The number of ether oxygens (including phenoxy) is 1. The summed E-state index contributed by atoms with van der Waals surface area (Å²) in [6.07, 6.45) is -0.811. The van der Waals surface area contributed by atoms with Crippen LogP contribution >= 0.6 is 0 Å². The van der Waals surface area contributed by atoms with Crippen LogP contribution in [0.25, 0.3) is 0 Å². The third kappa shape index (κ3) is 3.03. The Bertz CT molecular complexity index is 436. The highest BCUT2D eigenvalue weighted by molar-refractivity contribution is 5.76. The summed E-state index contributed by atoms with van der Waals surface area (Å²) >= 11 is 0. The van der Waals surface area contributed by atoms with Gasteiger partial charge in [-0.15, -0.1) is 0 Å². The molecule has 0 saturated heterocycles. The van der Waals surface area contributed by atoms with E-state index in [4.69, 9.17) is 4.74 Å². The number of hydrogen-bond donors (Lipinski definition) is 0. The molecule has 0 amide bonds. The summed E-state index contributed by atoms with van der Waals surface area (Å²) < 4.78 is 43.1. The monoisotopic (exact) mass is 258 g/mol. The van der Waals surface area contributed by atoms with Crippen LogP contribution in [-0.2, 0) is 6.18 Å². The number of hydrogen-bond acceptors (Lipinski definition) is 2. The summed E-state index contributed by atoms with van der Waals surface area (Å²) in [6.45, 7) is 0.416. The third-order valence-corrected chi connectivity index (χ3v) is 3.10.